The molecule has 0 N–H and O–H groups in total. The maximum atomic E-state index is 12.3. The SMILES string of the molecule is CC(C)(C)OC(=O)N1[C@@H]2CC[C@H]1CC(OCC1CC1)C2. The van der Waals surface area contributed by atoms with Gasteiger partial charge >= 0.3 is 6.09 Å². The van der Waals surface area contributed by atoms with Crippen molar-refractivity contribution in [3.63, 3.8) is 0 Å². The van der Waals surface area contributed by atoms with Crippen LogP contribution in [0.2, 0.25) is 0 Å². The van der Waals surface area contributed by atoms with Gasteiger partial charge in [0.25, 0.3) is 0 Å². The molecule has 1 saturated carbocycles. The molecule has 0 radical (unpaired) electrons. The summed E-state index contributed by atoms with van der Waals surface area (Å²) < 4.78 is 11.6. The summed E-state index contributed by atoms with van der Waals surface area (Å²) in [5.41, 5.74) is -0.407. The van der Waals surface area contributed by atoms with Gasteiger partial charge in [-0.1, -0.05) is 0 Å². The Kier molecular flexibility index (Phi) is 3.69. The van der Waals surface area contributed by atoms with Gasteiger partial charge in [0.1, 0.15) is 5.60 Å². The van der Waals surface area contributed by atoms with Crippen molar-refractivity contribution in [2.45, 2.75) is 83.1 Å². The minimum Gasteiger partial charge on any atom is -0.444 e. The van der Waals surface area contributed by atoms with Gasteiger partial charge in [-0.15, -0.1) is 0 Å². The van der Waals surface area contributed by atoms with E-state index in [4.69, 9.17) is 9.47 Å². The second-order valence-electron chi connectivity index (χ2n) is 7.64. The van der Waals surface area contributed by atoms with Gasteiger partial charge in [0.15, 0.2) is 0 Å². The van der Waals surface area contributed by atoms with E-state index in [9.17, 15) is 4.79 Å². The van der Waals surface area contributed by atoms with E-state index in [1.807, 2.05) is 25.7 Å². The summed E-state index contributed by atoms with van der Waals surface area (Å²) in [7, 11) is 0. The van der Waals surface area contributed by atoms with E-state index in [0.717, 1.165) is 38.2 Å². The minimum atomic E-state index is -0.407. The number of fused-ring (bicyclic) bond motifs is 2. The Morgan fingerprint density at radius 2 is 1.70 bits per heavy atom. The quantitative estimate of drug-likeness (QED) is 0.796. The summed E-state index contributed by atoms with van der Waals surface area (Å²) in [6.07, 6.45) is 7.08. The summed E-state index contributed by atoms with van der Waals surface area (Å²) in [5.74, 6) is 0.816. The Bertz CT molecular complexity index is 358. The second kappa shape index (κ2) is 5.21. The third-order valence-electron chi connectivity index (χ3n) is 4.56. The molecule has 20 heavy (non-hydrogen) atoms. The zero-order chi connectivity index (χ0) is 14.3. The van der Waals surface area contributed by atoms with Gasteiger partial charge in [-0.25, -0.2) is 4.79 Å². The van der Waals surface area contributed by atoms with Gasteiger partial charge in [-0.3, -0.25) is 0 Å². The van der Waals surface area contributed by atoms with Gasteiger partial charge in [-0.2, -0.15) is 0 Å². The summed E-state index contributed by atoms with van der Waals surface area (Å²) in [6.45, 7) is 6.71. The Morgan fingerprint density at radius 3 is 2.20 bits per heavy atom. The number of hydrogen-bond donors (Lipinski definition) is 0. The fraction of sp³-hybridized carbons (Fsp3) is 0.938. The largest absolute Gasteiger partial charge is 0.444 e. The van der Waals surface area contributed by atoms with Crippen LogP contribution in [0, 0.1) is 5.92 Å². The predicted molar refractivity (Wildman–Crippen MR) is 76.6 cm³/mol. The lowest BCUT2D eigenvalue weighted by Gasteiger charge is -2.39. The standard InChI is InChI=1S/C16H27NO3/c1-16(2,3)20-15(18)17-12-6-7-13(17)9-14(8-12)19-10-11-4-5-11/h11-14H,4-10H2,1-3H3/t12-,13+,14?. The van der Waals surface area contributed by atoms with Crippen LogP contribution in [0.25, 0.3) is 0 Å². The van der Waals surface area contributed by atoms with E-state index in [1.54, 1.807) is 0 Å². The van der Waals surface area contributed by atoms with E-state index < -0.39 is 5.60 Å². The maximum absolute atomic E-state index is 12.3. The summed E-state index contributed by atoms with van der Waals surface area (Å²) in [5, 5.41) is 0. The fourth-order valence-corrected chi connectivity index (χ4v) is 3.43. The molecule has 2 aliphatic heterocycles. The Hall–Kier alpha value is -0.770. The van der Waals surface area contributed by atoms with Crippen molar-refractivity contribution in [1.82, 2.24) is 4.90 Å². The number of amides is 1. The maximum Gasteiger partial charge on any atom is 0.410 e. The molecule has 4 nitrogen and oxygen atoms in total. The number of ether oxygens (including phenoxy) is 2. The number of carbonyl (C=O) groups is 1. The third-order valence-corrected chi connectivity index (χ3v) is 4.56. The predicted octanol–water partition coefficient (Wildman–Crippen LogP) is 3.34. The molecule has 1 unspecified atom stereocenters. The molecule has 0 aromatic carbocycles. The highest BCUT2D eigenvalue weighted by atomic mass is 16.6. The molecule has 2 bridgehead atoms. The second-order valence-corrected chi connectivity index (χ2v) is 7.64. The van der Waals surface area contributed by atoms with Crippen LogP contribution in [-0.2, 0) is 9.47 Å². The average molecular weight is 281 g/mol. The molecule has 3 atom stereocenters. The molecule has 2 heterocycles. The van der Waals surface area contributed by atoms with Crippen molar-refractivity contribution in [2.24, 2.45) is 5.92 Å². The lowest BCUT2D eigenvalue weighted by Crippen LogP contribution is -2.50. The van der Waals surface area contributed by atoms with Crippen molar-refractivity contribution in [3.05, 3.63) is 0 Å². The highest BCUT2D eigenvalue weighted by molar-refractivity contribution is 5.69. The van der Waals surface area contributed by atoms with Gasteiger partial charge in [0.05, 0.1) is 6.10 Å². The number of rotatable bonds is 3. The van der Waals surface area contributed by atoms with Gasteiger partial charge in [-0.05, 0) is 65.2 Å². The molecular formula is C16H27NO3. The molecule has 114 valence electrons. The van der Waals surface area contributed by atoms with E-state index in [0.29, 0.717) is 18.2 Å². The van der Waals surface area contributed by atoms with Crippen molar-refractivity contribution in [3.8, 4) is 0 Å². The number of carbonyl (C=O) groups excluding carboxylic acids is 1. The molecule has 3 aliphatic rings. The molecule has 2 saturated heterocycles. The molecule has 0 aromatic heterocycles. The average Bonchev–Trinajstić information content (AvgIpc) is 3.10. The Morgan fingerprint density at radius 1 is 1.10 bits per heavy atom. The Balaban J connectivity index is 1.55. The molecular weight excluding hydrogens is 254 g/mol. The molecule has 3 rings (SSSR count). The molecule has 1 amide bonds. The molecule has 1 aliphatic carbocycles. The van der Waals surface area contributed by atoms with E-state index >= 15 is 0 Å². The number of hydrogen-bond acceptors (Lipinski definition) is 3. The van der Waals surface area contributed by atoms with Crippen LogP contribution >= 0.6 is 0 Å². The van der Waals surface area contributed by atoms with Crippen LogP contribution < -0.4 is 0 Å². The van der Waals surface area contributed by atoms with Gasteiger partial charge in [0, 0.05) is 18.7 Å². The summed E-state index contributed by atoms with van der Waals surface area (Å²) in [6, 6.07) is 0.653. The van der Waals surface area contributed by atoms with Crippen LogP contribution in [0.4, 0.5) is 4.79 Å². The smallest absolute Gasteiger partial charge is 0.410 e. The van der Waals surface area contributed by atoms with Gasteiger partial charge < -0.3 is 14.4 Å². The highest BCUT2D eigenvalue weighted by Crippen LogP contribution is 2.39. The summed E-state index contributed by atoms with van der Waals surface area (Å²) in [4.78, 5) is 14.3. The van der Waals surface area contributed by atoms with Crippen LogP contribution in [0.5, 0.6) is 0 Å². The van der Waals surface area contributed by atoms with E-state index in [-0.39, 0.29) is 6.09 Å². The van der Waals surface area contributed by atoms with E-state index in [2.05, 4.69) is 0 Å². The van der Waals surface area contributed by atoms with Crippen molar-refractivity contribution in [2.75, 3.05) is 6.61 Å². The van der Waals surface area contributed by atoms with E-state index in [1.165, 1.54) is 12.8 Å². The fourth-order valence-electron chi connectivity index (χ4n) is 3.43. The molecule has 4 heteroatoms. The van der Waals surface area contributed by atoms with Crippen LogP contribution in [-0.4, -0.2) is 41.4 Å². The summed E-state index contributed by atoms with van der Waals surface area (Å²) >= 11 is 0. The number of nitrogens with zero attached hydrogens (tertiary/aromatic N) is 1. The van der Waals surface area contributed by atoms with Crippen molar-refractivity contribution >= 4 is 6.09 Å². The first-order chi connectivity index (χ1) is 9.42. The lowest BCUT2D eigenvalue weighted by molar-refractivity contribution is -0.0367. The van der Waals surface area contributed by atoms with Crippen molar-refractivity contribution < 1.29 is 14.3 Å². The van der Waals surface area contributed by atoms with Crippen molar-refractivity contribution in [1.29, 1.82) is 0 Å². The Labute approximate surface area is 121 Å². The zero-order valence-corrected chi connectivity index (χ0v) is 12.9. The minimum absolute atomic E-state index is 0.134. The molecule has 0 spiro atoms. The first-order valence-electron chi connectivity index (χ1n) is 8.05. The van der Waals surface area contributed by atoms with Gasteiger partial charge in [0.2, 0.25) is 0 Å². The topological polar surface area (TPSA) is 38.8 Å². The molecule has 0 aromatic rings. The zero-order valence-electron chi connectivity index (χ0n) is 12.9. The first-order valence-corrected chi connectivity index (χ1v) is 8.05. The first kappa shape index (κ1) is 14.2. The lowest BCUT2D eigenvalue weighted by atomic mass is 10.00. The third kappa shape index (κ3) is 3.27. The number of piperidine rings is 1. The normalized spacial score (nSPS) is 33.4. The highest BCUT2D eigenvalue weighted by Gasteiger charge is 2.45. The van der Waals surface area contributed by atoms with Crippen LogP contribution in [0.3, 0.4) is 0 Å². The van der Waals surface area contributed by atoms with Crippen LogP contribution in [0.1, 0.15) is 59.3 Å². The van der Waals surface area contributed by atoms with Crippen LogP contribution in [0.15, 0.2) is 0 Å². The monoisotopic (exact) mass is 281 g/mol. The molecule has 3 fully saturated rings.